The molecule has 2 rings (SSSR count). The van der Waals surface area contributed by atoms with Gasteiger partial charge in [-0.2, -0.15) is 0 Å². The Kier molecular flexibility index (Phi) is 5.21. The third-order valence-corrected chi connectivity index (χ3v) is 4.25. The van der Waals surface area contributed by atoms with E-state index in [1.54, 1.807) is 0 Å². The summed E-state index contributed by atoms with van der Waals surface area (Å²) >= 11 is 1.87. The standard InChI is InChI=1S/C16H23NS/c1-13(2)17-11-7-3-4-8-14-12-18-16-10-6-5-9-15(14)16/h5-6,9-10,12-13,17H,3-4,7-8,11H2,1-2H3. The van der Waals surface area contributed by atoms with Crippen LogP contribution in [0.4, 0.5) is 0 Å². The summed E-state index contributed by atoms with van der Waals surface area (Å²) in [6, 6.07) is 9.36. The van der Waals surface area contributed by atoms with Gasteiger partial charge in [0.05, 0.1) is 0 Å². The highest BCUT2D eigenvalue weighted by molar-refractivity contribution is 7.17. The lowest BCUT2D eigenvalue weighted by atomic mass is 10.1. The van der Waals surface area contributed by atoms with Gasteiger partial charge in [-0.3, -0.25) is 0 Å². The number of thiophene rings is 1. The van der Waals surface area contributed by atoms with Crippen LogP contribution in [0, 0.1) is 0 Å². The van der Waals surface area contributed by atoms with Gasteiger partial charge in [0.1, 0.15) is 0 Å². The monoisotopic (exact) mass is 261 g/mol. The molecule has 0 fully saturated rings. The van der Waals surface area contributed by atoms with E-state index in [4.69, 9.17) is 0 Å². The topological polar surface area (TPSA) is 12.0 Å². The summed E-state index contributed by atoms with van der Waals surface area (Å²) in [7, 11) is 0. The van der Waals surface area contributed by atoms with Crippen molar-refractivity contribution in [3.8, 4) is 0 Å². The molecule has 1 heterocycles. The first kappa shape index (κ1) is 13.6. The van der Waals surface area contributed by atoms with Gasteiger partial charge in [-0.25, -0.2) is 0 Å². The van der Waals surface area contributed by atoms with Crippen LogP contribution in [-0.4, -0.2) is 12.6 Å². The number of hydrogen-bond acceptors (Lipinski definition) is 2. The van der Waals surface area contributed by atoms with Gasteiger partial charge < -0.3 is 5.32 Å². The van der Waals surface area contributed by atoms with Gasteiger partial charge in [-0.1, -0.05) is 38.5 Å². The van der Waals surface area contributed by atoms with Crippen LogP contribution in [0.3, 0.4) is 0 Å². The van der Waals surface area contributed by atoms with Crippen molar-refractivity contribution in [2.24, 2.45) is 0 Å². The number of hydrogen-bond donors (Lipinski definition) is 1. The molecule has 0 atom stereocenters. The Morgan fingerprint density at radius 2 is 1.94 bits per heavy atom. The Bertz CT molecular complexity index is 473. The number of unbranched alkanes of at least 4 members (excludes halogenated alkanes) is 2. The molecule has 0 aliphatic heterocycles. The van der Waals surface area contributed by atoms with Crippen molar-refractivity contribution in [1.82, 2.24) is 5.32 Å². The summed E-state index contributed by atoms with van der Waals surface area (Å²) in [6.45, 7) is 5.57. The number of fused-ring (bicyclic) bond motifs is 1. The van der Waals surface area contributed by atoms with Gasteiger partial charge in [0.2, 0.25) is 0 Å². The molecule has 98 valence electrons. The van der Waals surface area contributed by atoms with Gasteiger partial charge >= 0.3 is 0 Å². The summed E-state index contributed by atoms with van der Waals surface area (Å²) in [6.07, 6.45) is 5.15. The zero-order valence-electron chi connectivity index (χ0n) is 11.4. The Hall–Kier alpha value is -0.860. The van der Waals surface area contributed by atoms with Gasteiger partial charge in [-0.15, -0.1) is 11.3 Å². The van der Waals surface area contributed by atoms with E-state index in [2.05, 4.69) is 48.8 Å². The molecule has 2 heteroatoms. The Balaban J connectivity index is 1.74. The first-order chi connectivity index (χ1) is 8.77. The van der Waals surface area contributed by atoms with E-state index in [-0.39, 0.29) is 0 Å². The predicted molar refractivity (Wildman–Crippen MR) is 82.5 cm³/mol. The van der Waals surface area contributed by atoms with E-state index in [1.165, 1.54) is 41.3 Å². The molecule has 18 heavy (non-hydrogen) atoms. The van der Waals surface area contributed by atoms with E-state index in [0.29, 0.717) is 6.04 Å². The fourth-order valence-electron chi connectivity index (χ4n) is 2.23. The van der Waals surface area contributed by atoms with Gasteiger partial charge in [0.25, 0.3) is 0 Å². The first-order valence-corrected chi connectivity index (χ1v) is 7.84. The minimum atomic E-state index is 0.616. The van der Waals surface area contributed by atoms with Crippen LogP contribution >= 0.6 is 11.3 Å². The molecule has 0 saturated heterocycles. The summed E-state index contributed by atoms with van der Waals surface area (Å²) in [5.41, 5.74) is 1.53. The molecule has 1 aromatic carbocycles. The average Bonchev–Trinajstić information content (AvgIpc) is 2.77. The van der Waals surface area contributed by atoms with E-state index in [1.807, 2.05) is 11.3 Å². The van der Waals surface area contributed by atoms with E-state index in [0.717, 1.165) is 6.54 Å². The highest BCUT2D eigenvalue weighted by Crippen LogP contribution is 2.26. The van der Waals surface area contributed by atoms with Crippen LogP contribution in [-0.2, 0) is 6.42 Å². The van der Waals surface area contributed by atoms with E-state index in [9.17, 15) is 0 Å². The van der Waals surface area contributed by atoms with Crippen molar-refractivity contribution < 1.29 is 0 Å². The summed E-state index contributed by atoms with van der Waals surface area (Å²) in [5, 5.41) is 7.26. The fraction of sp³-hybridized carbons (Fsp3) is 0.500. The van der Waals surface area contributed by atoms with Crippen LogP contribution in [0.15, 0.2) is 29.6 Å². The van der Waals surface area contributed by atoms with Gasteiger partial charge in [-0.05, 0) is 48.2 Å². The maximum atomic E-state index is 3.47. The third kappa shape index (κ3) is 3.82. The van der Waals surface area contributed by atoms with E-state index < -0.39 is 0 Å². The van der Waals surface area contributed by atoms with Crippen LogP contribution in [0.5, 0.6) is 0 Å². The molecule has 0 radical (unpaired) electrons. The molecule has 0 unspecified atom stereocenters. The maximum absolute atomic E-state index is 3.47. The lowest BCUT2D eigenvalue weighted by molar-refractivity contribution is 0.549. The zero-order chi connectivity index (χ0) is 12.8. The Morgan fingerprint density at radius 1 is 1.11 bits per heavy atom. The summed E-state index contributed by atoms with van der Waals surface area (Å²) < 4.78 is 1.42. The molecule has 0 aliphatic carbocycles. The minimum absolute atomic E-state index is 0.616. The zero-order valence-corrected chi connectivity index (χ0v) is 12.2. The summed E-state index contributed by atoms with van der Waals surface area (Å²) in [4.78, 5) is 0. The molecule has 2 aromatic rings. The second kappa shape index (κ2) is 6.91. The minimum Gasteiger partial charge on any atom is -0.315 e. The lowest BCUT2D eigenvalue weighted by Crippen LogP contribution is -2.23. The van der Waals surface area contributed by atoms with Gasteiger partial charge in [0, 0.05) is 10.7 Å². The molecule has 0 aliphatic rings. The number of aryl methyl sites for hydroxylation is 1. The summed E-state index contributed by atoms with van der Waals surface area (Å²) in [5.74, 6) is 0. The Morgan fingerprint density at radius 3 is 2.78 bits per heavy atom. The van der Waals surface area contributed by atoms with Crippen molar-refractivity contribution in [3.63, 3.8) is 0 Å². The van der Waals surface area contributed by atoms with Crippen molar-refractivity contribution in [1.29, 1.82) is 0 Å². The van der Waals surface area contributed by atoms with Crippen molar-refractivity contribution >= 4 is 21.4 Å². The quantitative estimate of drug-likeness (QED) is 0.718. The smallest absolute Gasteiger partial charge is 0.0345 e. The van der Waals surface area contributed by atoms with Gasteiger partial charge in [0.15, 0.2) is 0 Å². The molecule has 0 spiro atoms. The molecule has 1 nitrogen and oxygen atoms in total. The first-order valence-electron chi connectivity index (χ1n) is 6.96. The maximum Gasteiger partial charge on any atom is 0.0345 e. The highest BCUT2D eigenvalue weighted by atomic mass is 32.1. The average molecular weight is 261 g/mol. The van der Waals surface area contributed by atoms with Crippen molar-refractivity contribution in [3.05, 3.63) is 35.2 Å². The largest absolute Gasteiger partial charge is 0.315 e. The molecular formula is C16H23NS. The third-order valence-electron chi connectivity index (χ3n) is 3.24. The Labute approximate surface area is 114 Å². The van der Waals surface area contributed by atoms with Crippen LogP contribution in [0.1, 0.15) is 38.7 Å². The molecule has 1 aromatic heterocycles. The SMILES string of the molecule is CC(C)NCCCCCc1csc2ccccc12. The molecule has 0 amide bonds. The number of nitrogens with one attached hydrogen (secondary N) is 1. The normalized spacial score (nSPS) is 11.5. The van der Waals surface area contributed by atoms with Crippen LogP contribution < -0.4 is 5.32 Å². The second-order valence-electron chi connectivity index (χ2n) is 5.18. The van der Waals surface area contributed by atoms with Crippen LogP contribution in [0.25, 0.3) is 10.1 Å². The van der Waals surface area contributed by atoms with Crippen LogP contribution in [0.2, 0.25) is 0 Å². The number of benzene rings is 1. The molecule has 1 N–H and O–H groups in total. The van der Waals surface area contributed by atoms with E-state index >= 15 is 0 Å². The number of rotatable bonds is 7. The van der Waals surface area contributed by atoms with Crippen molar-refractivity contribution in [2.45, 2.75) is 45.6 Å². The highest BCUT2D eigenvalue weighted by Gasteiger charge is 2.02. The predicted octanol–water partition coefficient (Wildman–Crippen LogP) is 4.61. The second-order valence-corrected chi connectivity index (χ2v) is 6.09. The van der Waals surface area contributed by atoms with Crippen molar-refractivity contribution in [2.75, 3.05) is 6.54 Å². The molecule has 0 bridgehead atoms. The molecule has 0 saturated carbocycles. The fourth-order valence-corrected chi connectivity index (χ4v) is 3.23. The molecular weight excluding hydrogens is 238 g/mol. The lowest BCUT2D eigenvalue weighted by Gasteiger charge is -2.07.